The van der Waals surface area contributed by atoms with E-state index in [0.29, 0.717) is 11.8 Å². The molecule has 2 fully saturated rings. The summed E-state index contributed by atoms with van der Waals surface area (Å²) in [5, 5.41) is 4.00. The molecule has 11 heavy (non-hydrogen) atoms. The summed E-state index contributed by atoms with van der Waals surface area (Å²) in [5.74, 6) is 1.21. The van der Waals surface area contributed by atoms with E-state index in [-0.39, 0.29) is 5.60 Å². The van der Waals surface area contributed by atoms with E-state index in [9.17, 15) is 0 Å². The van der Waals surface area contributed by atoms with E-state index >= 15 is 0 Å². The molecule has 0 bridgehead atoms. The summed E-state index contributed by atoms with van der Waals surface area (Å²) in [6.07, 6.45) is 1.03. The highest BCUT2D eigenvalue weighted by molar-refractivity contribution is 5.90. The lowest BCUT2D eigenvalue weighted by Gasteiger charge is -2.18. The first-order valence-electron chi connectivity index (χ1n) is 4.15. The van der Waals surface area contributed by atoms with Crippen molar-refractivity contribution in [2.75, 3.05) is 13.2 Å². The van der Waals surface area contributed by atoms with Crippen LogP contribution in [-0.4, -0.2) is 24.5 Å². The average Bonchev–Trinajstić information content (AvgIpc) is 2.60. The minimum atomic E-state index is 0.0995. The molecule has 0 aromatic carbocycles. The molecule has 1 spiro atoms. The molecule has 2 unspecified atom stereocenters. The Bertz CT molecular complexity index is 238. The van der Waals surface area contributed by atoms with Gasteiger partial charge < -0.3 is 9.57 Å². The molecule has 0 aromatic heterocycles. The van der Waals surface area contributed by atoms with E-state index in [2.05, 4.69) is 12.1 Å². The molecule has 1 aliphatic carbocycles. The first kappa shape index (κ1) is 6.00. The van der Waals surface area contributed by atoms with Crippen molar-refractivity contribution in [2.45, 2.75) is 18.9 Å². The number of hydrogen-bond acceptors (Lipinski definition) is 3. The Morgan fingerprint density at radius 3 is 3.36 bits per heavy atom. The minimum Gasteiger partial charge on any atom is -0.388 e. The van der Waals surface area contributed by atoms with Crippen LogP contribution in [0.3, 0.4) is 0 Å². The smallest absolute Gasteiger partial charge is 0.154 e. The molecule has 0 aromatic rings. The molecule has 2 aliphatic heterocycles. The third-order valence-electron chi connectivity index (χ3n) is 3.19. The van der Waals surface area contributed by atoms with E-state index < -0.39 is 0 Å². The van der Waals surface area contributed by atoms with Gasteiger partial charge in [0.25, 0.3) is 0 Å². The zero-order valence-electron chi connectivity index (χ0n) is 6.54. The number of oxime groups is 1. The van der Waals surface area contributed by atoms with Gasteiger partial charge in [0.1, 0.15) is 0 Å². The predicted octanol–water partition coefficient (Wildman–Crippen LogP) is 0.798. The molecular formula is C8H11NO2. The van der Waals surface area contributed by atoms with Gasteiger partial charge in [-0.3, -0.25) is 0 Å². The maximum absolute atomic E-state index is 5.44. The van der Waals surface area contributed by atoms with Crippen LogP contribution in [0.4, 0.5) is 0 Å². The van der Waals surface area contributed by atoms with Gasteiger partial charge in [0.05, 0.1) is 24.8 Å². The average molecular weight is 153 g/mol. The second-order valence-electron chi connectivity index (χ2n) is 3.69. The summed E-state index contributed by atoms with van der Waals surface area (Å²) in [6.45, 7) is 3.77. The monoisotopic (exact) mass is 153 g/mol. The zero-order valence-corrected chi connectivity index (χ0v) is 6.54. The Morgan fingerprint density at radius 2 is 2.55 bits per heavy atom. The van der Waals surface area contributed by atoms with E-state index in [1.807, 2.05) is 0 Å². The molecule has 0 radical (unpaired) electrons. The maximum Gasteiger partial charge on any atom is 0.154 e. The third-order valence-corrected chi connectivity index (χ3v) is 3.19. The van der Waals surface area contributed by atoms with Gasteiger partial charge in [-0.2, -0.15) is 0 Å². The molecule has 3 heteroatoms. The topological polar surface area (TPSA) is 30.8 Å². The van der Waals surface area contributed by atoms with Crippen LogP contribution in [0.5, 0.6) is 0 Å². The summed E-state index contributed by atoms with van der Waals surface area (Å²) in [5.41, 5.74) is 1.27. The molecule has 2 heterocycles. The number of fused-ring (bicyclic) bond motifs is 1. The van der Waals surface area contributed by atoms with E-state index in [1.165, 1.54) is 5.71 Å². The van der Waals surface area contributed by atoms with Gasteiger partial charge in [0, 0.05) is 12.3 Å². The lowest BCUT2D eigenvalue weighted by molar-refractivity contribution is -0.0395. The SMILES string of the molecule is CC1=NO[C@]23CCOCC2C13. The first-order valence-corrected chi connectivity index (χ1v) is 4.15. The maximum atomic E-state index is 5.44. The van der Waals surface area contributed by atoms with Gasteiger partial charge in [-0.1, -0.05) is 5.16 Å². The molecule has 0 amide bonds. The van der Waals surface area contributed by atoms with Crippen LogP contribution >= 0.6 is 0 Å². The second-order valence-corrected chi connectivity index (χ2v) is 3.69. The molecule has 1 saturated heterocycles. The van der Waals surface area contributed by atoms with Crippen molar-refractivity contribution in [3.8, 4) is 0 Å². The van der Waals surface area contributed by atoms with Gasteiger partial charge in [-0.25, -0.2) is 0 Å². The normalized spacial score (nSPS) is 52.3. The Balaban J connectivity index is 1.92. The highest BCUT2D eigenvalue weighted by atomic mass is 16.7. The molecule has 3 aliphatic rings. The largest absolute Gasteiger partial charge is 0.388 e. The summed E-state index contributed by atoms with van der Waals surface area (Å²) < 4.78 is 5.37. The molecule has 1 saturated carbocycles. The first-order chi connectivity index (χ1) is 5.34. The second kappa shape index (κ2) is 1.61. The quantitative estimate of drug-likeness (QED) is 0.515. The van der Waals surface area contributed by atoms with Crippen LogP contribution in [0.15, 0.2) is 5.16 Å². The summed E-state index contributed by atoms with van der Waals surface area (Å²) in [7, 11) is 0. The van der Waals surface area contributed by atoms with E-state index in [0.717, 1.165) is 19.6 Å². The molecule has 60 valence electrons. The highest BCUT2D eigenvalue weighted by Crippen LogP contribution is 2.61. The summed E-state index contributed by atoms with van der Waals surface area (Å²) >= 11 is 0. The van der Waals surface area contributed by atoms with Crippen LogP contribution < -0.4 is 0 Å². The number of ether oxygens (including phenoxy) is 1. The van der Waals surface area contributed by atoms with Crippen LogP contribution in [-0.2, 0) is 9.57 Å². The van der Waals surface area contributed by atoms with E-state index in [4.69, 9.17) is 9.57 Å². The molecule has 3 atom stereocenters. The van der Waals surface area contributed by atoms with Crippen molar-refractivity contribution in [1.29, 1.82) is 0 Å². The zero-order chi connectivity index (χ0) is 7.47. The van der Waals surface area contributed by atoms with Crippen molar-refractivity contribution < 1.29 is 9.57 Å². The fraction of sp³-hybridized carbons (Fsp3) is 0.875. The van der Waals surface area contributed by atoms with Gasteiger partial charge in [0.15, 0.2) is 5.60 Å². The van der Waals surface area contributed by atoms with E-state index in [1.54, 1.807) is 0 Å². The van der Waals surface area contributed by atoms with Crippen LogP contribution in [0.1, 0.15) is 13.3 Å². The van der Waals surface area contributed by atoms with Gasteiger partial charge >= 0.3 is 0 Å². The lowest BCUT2D eigenvalue weighted by Crippen LogP contribution is -2.24. The van der Waals surface area contributed by atoms with Crippen molar-refractivity contribution >= 4 is 5.71 Å². The lowest BCUT2D eigenvalue weighted by atomic mass is 10.1. The van der Waals surface area contributed by atoms with Crippen molar-refractivity contribution in [1.82, 2.24) is 0 Å². The summed E-state index contributed by atoms with van der Waals surface area (Å²) in [4.78, 5) is 5.44. The van der Waals surface area contributed by atoms with Gasteiger partial charge in [0.2, 0.25) is 0 Å². The highest BCUT2D eigenvalue weighted by Gasteiger charge is 2.72. The predicted molar refractivity (Wildman–Crippen MR) is 39.3 cm³/mol. The molecule has 0 N–H and O–H groups in total. The standard InChI is InChI=1S/C8H11NO2/c1-5-7-6-4-10-3-2-8(6,7)11-9-5/h6-7H,2-4H2,1H3/t6?,7?,8-/m1/s1. The van der Waals surface area contributed by atoms with Crippen molar-refractivity contribution in [3.63, 3.8) is 0 Å². The number of hydrogen-bond donors (Lipinski definition) is 0. The Morgan fingerprint density at radius 1 is 1.64 bits per heavy atom. The van der Waals surface area contributed by atoms with Gasteiger partial charge in [-0.05, 0) is 6.92 Å². The number of rotatable bonds is 0. The van der Waals surface area contributed by atoms with Gasteiger partial charge in [-0.15, -0.1) is 0 Å². The van der Waals surface area contributed by atoms with Crippen molar-refractivity contribution in [2.24, 2.45) is 17.0 Å². The minimum absolute atomic E-state index is 0.0995. The van der Waals surface area contributed by atoms with Crippen LogP contribution in [0.25, 0.3) is 0 Å². The molecule has 3 rings (SSSR count). The fourth-order valence-electron chi connectivity index (χ4n) is 2.54. The van der Waals surface area contributed by atoms with Crippen molar-refractivity contribution in [3.05, 3.63) is 0 Å². The third kappa shape index (κ3) is 0.527. The fourth-order valence-corrected chi connectivity index (χ4v) is 2.54. The Kier molecular flexibility index (Phi) is 0.876. The number of nitrogens with zero attached hydrogens (tertiary/aromatic N) is 1. The van der Waals surface area contributed by atoms with Crippen LogP contribution in [0.2, 0.25) is 0 Å². The summed E-state index contributed by atoms with van der Waals surface area (Å²) in [6, 6.07) is 0. The molecule has 3 nitrogen and oxygen atoms in total. The Labute approximate surface area is 65.4 Å². The van der Waals surface area contributed by atoms with Crippen LogP contribution in [0, 0.1) is 11.8 Å². The Hall–Kier alpha value is -0.570. The molecular weight excluding hydrogens is 142 g/mol.